The van der Waals surface area contributed by atoms with Gasteiger partial charge in [-0.1, -0.05) is 42.5 Å². The van der Waals surface area contributed by atoms with Gasteiger partial charge in [0.05, 0.1) is 7.11 Å². The van der Waals surface area contributed by atoms with Gasteiger partial charge in [0.25, 0.3) is 0 Å². The first-order valence-electron chi connectivity index (χ1n) is 10.2. The Morgan fingerprint density at radius 3 is 2.59 bits per heavy atom. The first-order chi connectivity index (χ1) is 13.7. The maximum absolute atomic E-state index is 5.61. The van der Waals surface area contributed by atoms with Crippen molar-refractivity contribution in [3.63, 3.8) is 0 Å². The molecular weight excluding hydrogens is 426 g/mol. The number of hydrogen-bond donors (Lipinski definition) is 0. The number of benzene rings is 2. The van der Waals surface area contributed by atoms with Crippen LogP contribution in [0.4, 0.5) is 0 Å². The molecule has 0 radical (unpaired) electrons. The molecule has 3 aromatic rings. The normalized spacial score (nSPS) is 17.0. The summed E-state index contributed by atoms with van der Waals surface area (Å²) in [6.45, 7) is 6.44. The monoisotopic (exact) mass is 455 g/mol. The first kappa shape index (κ1) is 21.6. The Kier molecular flexibility index (Phi) is 7.51. The quantitative estimate of drug-likeness (QED) is 0.501. The third-order valence-corrected chi connectivity index (χ3v) is 5.79. The van der Waals surface area contributed by atoms with Crippen LogP contribution in [-0.4, -0.2) is 34.7 Å². The number of likely N-dealkylation sites (tertiary alicyclic amines) is 1. The molecule has 2 heterocycles. The van der Waals surface area contributed by atoms with E-state index in [0.29, 0.717) is 5.92 Å². The van der Waals surface area contributed by atoms with E-state index in [2.05, 4.69) is 64.0 Å². The minimum absolute atomic E-state index is 0. The Balaban J connectivity index is 0.00000240. The lowest BCUT2D eigenvalue weighted by Crippen LogP contribution is -2.36. The number of aryl methyl sites for hydroxylation is 1. The number of rotatable bonds is 6. The SMILES string of the molecule is Br.COc1ccccc1-c1ccccc1CN1CCCC(Cn2ccnc2C)C1. The fourth-order valence-corrected chi connectivity index (χ4v) is 4.35. The van der Waals surface area contributed by atoms with Crippen LogP contribution in [0.1, 0.15) is 24.2 Å². The molecule has 0 aliphatic carbocycles. The molecule has 1 unspecified atom stereocenters. The smallest absolute Gasteiger partial charge is 0.126 e. The van der Waals surface area contributed by atoms with Gasteiger partial charge < -0.3 is 9.30 Å². The number of halogens is 1. The number of ether oxygens (including phenoxy) is 1. The summed E-state index contributed by atoms with van der Waals surface area (Å²) >= 11 is 0. The average Bonchev–Trinajstić information content (AvgIpc) is 3.13. The number of nitrogens with zero attached hydrogens (tertiary/aromatic N) is 3. The van der Waals surface area contributed by atoms with Gasteiger partial charge in [-0.05, 0) is 49.4 Å². The molecule has 0 amide bonds. The van der Waals surface area contributed by atoms with E-state index in [1.807, 2.05) is 18.3 Å². The predicted octanol–water partition coefficient (Wildman–Crippen LogP) is 5.36. The Morgan fingerprint density at radius 2 is 1.83 bits per heavy atom. The molecule has 0 saturated carbocycles. The summed E-state index contributed by atoms with van der Waals surface area (Å²) in [6.07, 6.45) is 6.56. The van der Waals surface area contributed by atoms with Crippen molar-refractivity contribution in [2.45, 2.75) is 32.9 Å². The number of aromatic nitrogens is 2. The topological polar surface area (TPSA) is 30.3 Å². The van der Waals surface area contributed by atoms with Crippen molar-refractivity contribution in [1.29, 1.82) is 0 Å². The molecule has 5 heteroatoms. The lowest BCUT2D eigenvalue weighted by atomic mass is 9.95. The highest BCUT2D eigenvalue weighted by Gasteiger charge is 2.22. The van der Waals surface area contributed by atoms with Gasteiger partial charge in [-0.3, -0.25) is 4.90 Å². The van der Waals surface area contributed by atoms with E-state index < -0.39 is 0 Å². The van der Waals surface area contributed by atoms with Gasteiger partial charge in [0.2, 0.25) is 0 Å². The van der Waals surface area contributed by atoms with Gasteiger partial charge >= 0.3 is 0 Å². The second-order valence-corrected chi connectivity index (χ2v) is 7.73. The van der Waals surface area contributed by atoms with Crippen LogP contribution in [0, 0.1) is 12.8 Å². The van der Waals surface area contributed by atoms with Crippen molar-refractivity contribution in [2.24, 2.45) is 5.92 Å². The van der Waals surface area contributed by atoms with E-state index in [1.54, 1.807) is 7.11 Å². The van der Waals surface area contributed by atoms with Gasteiger partial charge in [-0.25, -0.2) is 4.98 Å². The van der Waals surface area contributed by atoms with Crippen molar-refractivity contribution in [3.05, 3.63) is 72.3 Å². The van der Waals surface area contributed by atoms with Gasteiger partial charge in [0, 0.05) is 37.6 Å². The zero-order valence-electron chi connectivity index (χ0n) is 17.3. The molecule has 154 valence electrons. The summed E-state index contributed by atoms with van der Waals surface area (Å²) < 4.78 is 7.90. The molecule has 1 aliphatic rings. The maximum atomic E-state index is 5.61. The lowest BCUT2D eigenvalue weighted by Gasteiger charge is -2.33. The van der Waals surface area contributed by atoms with E-state index in [4.69, 9.17) is 4.74 Å². The summed E-state index contributed by atoms with van der Waals surface area (Å²) in [7, 11) is 1.74. The van der Waals surface area contributed by atoms with Gasteiger partial charge in [0.15, 0.2) is 0 Å². The molecule has 0 bridgehead atoms. The molecule has 1 atom stereocenters. The van der Waals surface area contributed by atoms with Crippen molar-refractivity contribution < 1.29 is 4.74 Å². The Bertz CT molecular complexity index is 924. The number of hydrogen-bond acceptors (Lipinski definition) is 3. The van der Waals surface area contributed by atoms with E-state index in [-0.39, 0.29) is 17.0 Å². The Labute approximate surface area is 184 Å². The largest absolute Gasteiger partial charge is 0.496 e. The number of piperidine rings is 1. The van der Waals surface area contributed by atoms with Crippen molar-refractivity contribution in [3.8, 4) is 16.9 Å². The molecular formula is C24H30BrN3O. The molecule has 0 N–H and O–H groups in total. The minimum atomic E-state index is 0. The minimum Gasteiger partial charge on any atom is -0.496 e. The summed E-state index contributed by atoms with van der Waals surface area (Å²) in [4.78, 5) is 6.97. The van der Waals surface area contributed by atoms with E-state index in [9.17, 15) is 0 Å². The summed E-state index contributed by atoms with van der Waals surface area (Å²) in [5.41, 5.74) is 3.81. The zero-order valence-corrected chi connectivity index (χ0v) is 19.0. The molecule has 29 heavy (non-hydrogen) atoms. The molecule has 1 fully saturated rings. The van der Waals surface area contributed by atoms with Crippen LogP contribution in [-0.2, 0) is 13.1 Å². The van der Waals surface area contributed by atoms with Crippen LogP contribution in [0.5, 0.6) is 5.75 Å². The third-order valence-electron chi connectivity index (χ3n) is 5.79. The summed E-state index contributed by atoms with van der Waals surface area (Å²) in [6, 6.07) is 17.0. The molecule has 1 aromatic heterocycles. The highest BCUT2D eigenvalue weighted by atomic mass is 79.9. The molecule has 4 rings (SSSR count). The third kappa shape index (κ3) is 5.09. The number of methoxy groups -OCH3 is 1. The first-order valence-corrected chi connectivity index (χ1v) is 10.2. The molecule has 2 aromatic carbocycles. The van der Waals surface area contributed by atoms with Gasteiger partial charge in [0.1, 0.15) is 11.6 Å². The fraction of sp³-hybridized carbons (Fsp3) is 0.375. The molecule has 1 saturated heterocycles. The van der Waals surface area contributed by atoms with Crippen molar-refractivity contribution in [1.82, 2.24) is 14.5 Å². The molecule has 1 aliphatic heterocycles. The van der Waals surface area contributed by atoms with Crippen LogP contribution in [0.2, 0.25) is 0 Å². The molecule has 4 nitrogen and oxygen atoms in total. The van der Waals surface area contributed by atoms with Crippen LogP contribution in [0.25, 0.3) is 11.1 Å². The Morgan fingerprint density at radius 1 is 1.07 bits per heavy atom. The van der Waals surface area contributed by atoms with Gasteiger partial charge in [-0.2, -0.15) is 0 Å². The predicted molar refractivity (Wildman–Crippen MR) is 124 cm³/mol. The fourth-order valence-electron chi connectivity index (χ4n) is 4.35. The average molecular weight is 456 g/mol. The highest BCUT2D eigenvalue weighted by molar-refractivity contribution is 8.93. The number of para-hydroxylation sites is 1. The van der Waals surface area contributed by atoms with E-state index in [0.717, 1.165) is 31.2 Å². The molecule has 0 spiro atoms. The van der Waals surface area contributed by atoms with Crippen LogP contribution in [0.15, 0.2) is 60.9 Å². The lowest BCUT2D eigenvalue weighted by molar-refractivity contribution is 0.155. The zero-order chi connectivity index (χ0) is 19.3. The number of imidazole rings is 1. The van der Waals surface area contributed by atoms with Crippen LogP contribution >= 0.6 is 17.0 Å². The second-order valence-electron chi connectivity index (χ2n) is 7.73. The van der Waals surface area contributed by atoms with Crippen LogP contribution in [0.3, 0.4) is 0 Å². The summed E-state index contributed by atoms with van der Waals surface area (Å²) in [5, 5.41) is 0. The van der Waals surface area contributed by atoms with E-state index in [1.165, 1.54) is 36.1 Å². The standard InChI is InChI=1S/C24H29N3O.BrH/c1-19-25-13-15-27(19)17-20-8-7-14-26(16-20)18-21-9-3-4-10-22(21)23-11-5-6-12-24(23)28-2;/h3-6,9-13,15,20H,7-8,14,16-18H2,1-2H3;1H. The highest BCUT2D eigenvalue weighted by Crippen LogP contribution is 2.33. The van der Waals surface area contributed by atoms with Gasteiger partial charge in [-0.15, -0.1) is 17.0 Å². The van der Waals surface area contributed by atoms with E-state index >= 15 is 0 Å². The maximum Gasteiger partial charge on any atom is 0.126 e. The second kappa shape index (κ2) is 10.1. The summed E-state index contributed by atoms with van der Waals surface area (Å²) in [5.74, 6) is 2.72. The van der Waals surface area contributed by atoms with Crippen molar-refractivity contribution in [2.75, 3.05) is 20.2 Å². The van der Waals surface area contributed by atoms with Crippen LogP contribution < -0.4 is 4.74 Å². The van der Waals surface area contributed by atoms with Crippen molar-refractivity contribution >= 4 is 17.0 Å². The Hall–Kier alpha value is -2.11.